The summed E-state index contributed by atoms with van der Waals surface area (Å²) in [5.74, 6) is -9.91. The number of allylic oxidation sites excluding steroid dienone is 3. The number of rotatable bonds is 13. The summed E-state index contributed by atoms with van der Waals surface area (Å²) in [6.07, 6.45) is 6.35. The molecule has 1 fully saturated rings. The summed E-state index contributed by atoms with van der Waals surface area (Å²) in [5.41, 5.74) is 12.5. The summed E-state index contributed by atoms with van der Waals surface area (Å²) in [7, 11) is 2.88. The molecule has 1 aliphatic rings. The number of amides is 5. The van der Waals surface area contributed by atoms with Crippen molar-refractivity contribution in [3.05, 3.63) is 71.5 Å². The molecule has 18 nitrogen and oxygen atoms in total. The van der Waals surface area contributed by atoms with E-state index in [2.05, 4.69) is 26.3 Å². The lowest BCUT2D eigenvalue weighted by molar-refractivity contribution is -0.146. The third-order valence-corrected chi connectivity index (χ3v) is 10.1. The van der Waals surface area contributed by atoms with E-state index in [1.54, 1.807) is 19.3 Å². The molecule has 1 aromatic carbocycles. The van der Waals surface area contributed by atoms with Gasteiger partial charge in [-0.15, -0.1) is 0 Å². The van der Waals surface area contributed by atoms with Crippen LogP contribution in [0, 0.1) is 17.8 Å². The molecule has 8 atom stereocenters. The molecule has 324 valence electrons. The van der Waals surface area contributed by atoms with Crippen molar-refractivity contribution in [3.63, 3.8) is 0 Å². The molecule has 1 saturated heterocycles. The monoisotopic (exact) mass is 824 g/mol. The number of carboxylic acid groups (broad SMARTS) is 2. The Labute approximate surface area is 344 Å². The number of carbonyl (C=O) groups is 7. The number of carbonyl (C=O) groups excluding carboxylic acids is 5. The highest BCUT2D eigenvalue weighted by molar-refractivity contribution is 6.00. The maximum atomic E-state index is 14.1. The average molecular weight is 825 g/mol. The van der Waals surface area contributed by atoms with Gasteiger partial charge in [-0.1, -0.05) is 81.0 Å². The molecule has 1 aromatic rings. The van der Waals surface area contributed by atoms with Crippen molar-refractivity contribution in [1.82, 2.24) is 26.2 Å². The predicted octanol–water partition coefficient (Wildman–Crippen LogP) is 0.973. The number of nitrogens with zero attached hydrogens (tertiary/aromatic N) is 2. The van der Waals surface area contributed by atoms with E-state index in [4.69, 9.17) is 16.2 Å². The van der Waals surface area contributed by atoms with Gasteiger partial charge >= 0.3 is 11.9 Å². The van der Waals surface area contributed by atoms with Crippen LogP contribution in [0.1, 0.15) is 65.9 Å². The van der Waals surface area contributed by atoms with Gasteiger partial charge in [-0.3, -0.25) is 29.0 Å². The SMILES string of the molecule is C/C=C1/C(=O)N[C@@H](C(=O)O)[C@H](C)C(=O)N[C@@H](CCCN=C(N)N)C(=O)N[C@@H](/C=C/C(C)=C\[C@H](C)[C@H](Cc2ccccc2)OC)[C@H](C)C(=O)N[C@@H](C(=O)O)CCC(=O)N1C. The van der Waals surface area contributed by atoms with Crippen molar-refractivity contribution in [2.75, 3.05) is 20.7 Å². The van der Waals surface area contributed by atoms with E-state index in [9.17, 15) is 43.8 Å². The Morgan fingerprint density at radius 3 is 2.19 bits per heavy atom. The smallest absolute Gasteiger partial charge is 0.327 e. The van der Waals surface area contributed by atoms with Gasteiger partial charge in [-0.2, -0.15) is 0 Å². The molecule has 0 aromatic heterocycles. The molecule has 1 heterocycles. The van der Waals surface area contributed by atoms with Crippen molar-refractivity contribution in [2.24, 2.45) is 34.2 Å². The van der Waals surface area contributed by atoms with Gasteiger partial charge in [0.2, 0.25) is 23.6 Å². The van der Waals surface area contributed by atoms with Crippen LogP contribution < -0.4 is 32.7 Å². The third-order valence-electron chi connectivity index (χ3n) is 10.1. The molecule has 0 bridgehead atoms. The lowest BCUT2D eigenvalue weighted by atomic mass is 9.94. The zero-order valence-electron chi connectivity index (χ0n) is 34.8. The van der Waals surface area contributed by atoms with E-state index in [0.717, 1.165) is 16.0 Å². The average Bonchev–Trinajstić information content (AvgIpc) is 3.19. The second-order valence-corrected chi connectivity index (χ2v) is 14.6. The number of hydrogen-bond acceptors (Lipinski definition) is 9. The Balaban J connectivity index is 2.63. The summed E-state index contributed by atoms with van der Waals surface area (Å²) in [6, 6.07) is 4.12. The van der Waals surface area contributed by atoms with Crippen LogP contribution in [0.3, 0.4) is 0 Å². The van der Waals surface area contributed by atoms with Gasteiger partial charge in [0.25, 0.3) is 5.91 Å². The largest absolute Gasteiger partial charge is 0.480 e. The molecule has 59 heavy (non-hydrogen) atoms. The van der Waals surface area contributed by atoms with E-state index >= 15 is 0 Å². The van der Waals surface area contributed by atoms with Crippen LogP contribution >= 0.6 is 0 Å². The zero-order valence-corrected chi connectivity index (χ0v) is 34.8. The number of hydrogen-bond donors (Lipinski definition) is 8. The molecule has 0 aliphatic carbocycles. The Bertz CT molecular complexity index is 1780. The molecule has 10 N–H and O–H groups in total. The van der Waals surface area contributed by atoms with Gasteiger partial charge in [-0.25, -0.2) is 9.59 Å². The summed E-state index contributed by atoms with van der Waals surface area (Å²) in [6.45, 7) is 8.07. The summed E-state index contributed by atoms with van der Waals surface area (Å²) >= 11 is 0. The first kappa shape index (κ1) is 49.1. The number of aliphatic imine (C=N–C) groups is 1. The Morgan fingerprint density at radius 2 is 1.61 bits per heavy atom. The van der Waals surface area contributed by atoms with E-state index < -0.39 is 83.9 Å². The van der Waals surface area contributed by atoms with Crippen molar-refractivity contribution in [3.8, 4) is 0 Å². The Morgan fingerprint density at radius 1 is 0.966 bits per heavy atom. The summed E-state index contributed by atoms with van der Waals surface area (Å²) < 4.78 is 5.79. The third kappa shape index (κ3) is 15.7. The van der Waals surface area contributed by atoms with Crippen LogP contribution in [0.15, 0.2) is 70.9 Å². The molecule has 18 heteroatoms. The fourth-order valence-electron chi connectivity index (χ4n) is 6.38. The van der Waals surface area contributed by atoms with Crippen molar-refractivity contribution < 1.29 is 48.5 Å². The highest BCUT2D eigenvalue weighted by Gasteiger charge is 2.36. The number of likely N-dealkylation sites (N-methyl/N-ethyl adjacent to an activating group) is 1. The predicted molar refractivity (Wildman–Crippen MR) is 220 cm³/mol. The number of nitrogens with two attached hydrogens (primary N) is 2. The lowest BCUT2D eigenvalue weighted by Crippen LogP contribution is -2.56. The second-order valence-electron chi connectivity index (χ2n) is 14.6. The standard InChI is InChI=1S/C41H60N8O10/c1-8-31-38(54)48-34(40(57)58)26(5)36(52)46-29(15-12-20-44-41(42)43)37(53)45-28(25(4)35(51)47-30(39(55)56)18-19-33(50)49(31)6)17-16-23(2)21-24(3)32(59-7)22-27-13-10-9-11-14-27/h8-11,13-14,16-17,21,24-26,28-30,32,34H,12,15,18-20,22H2,1-7H3,(H,45,53)(H,46,52)(H,47,51)(H,48,54)(H,55,56)(H,57,58)(H4,42,43,44)/b17-16+,23-21-,31-8-/t24-,25-,26-,28-,29-,30+,32-,34+/m0/s1. The number of nitrogens with one attached hydrogen (secondary N) is 4. The number of ether oxygens (including phenoxy) is 1. The topological polar surface area (TPSA) is 285 Å². The van der Waals surface area contributed by atoms with Crippen LogP contribution in [-0.4, -0.2) is 114 Å². The number of benzene rings is 1. The van der Waals surface area contributed by atoms with E-state index in [-0.39, 0.29) is 49.5 Å². The van der Waals surface area contributed by atoms with E-state index in [1.807, 2.05) is 50.3 Å². The van der Waals surface area contributed by atoms with Gasteiger partial charge in [0.15, 0.2) is 5.96 Å². The Kier molecular flexibility index (Phi) is 20.0. The van der Waals surface area contributed by atoms with Gasteiger partial charge in [-0.05, 0) is 45.1 Å². The molecule has 0 saturated carbocycles. The Hall–Kier alpha value is -6.04. The molecular weight excluding hydrogens is 764 g/mol. The molecule has 0 radical (unpaired) electrons. The van der Waals surface area contributed by atoms with E-state index in [1.165, 1.54) is 33.9 Å². The molecule has 2 rings (SSSR count). The fourth-order valence-corrected chi connectivity index (χ4v) is 6.38. The van der Waals surface area contributed by atoms with Crippen LogP contribution in [0.5, 0.6) is 0 Å². The van der Waals surface area contributed by atoms with Crippen LogP contribution in [0.25, 0.3) is 0 Å². The number of guanidine groups is 1. The van der Waals surface area contributed by atoms with Crippen molar-refractivity contribution in [2.45, 2.75) is 97.0 Å². The fraction of sp³-hybridized carbons (Fsp3) is 0.512. The quantitative estimate of drug-likeness (QED) is 0.0454. The molecule has 5 amide bonds. The van der Waals surface area contributed by atoms with Gasteiger partial charge in [0.1, 0.15) is 23.8 Å². The first-order valence-electron chi connectivity index (χ1n) is 19.4. The second kappa shape index (κ2) is 24.0. The maximum absolute atomic E-state index is 14.1. The summed E-state index contributed by atoms with van der Waals surface area (Å²) in [4.78, 5) is 97.5. The van der Waals surface area contributed by atoms with Crippen LogP contribution in [0.2, 0.25) is 0 Å². The molecule has 0 spiro atoms. The number of carboxylic acids is 2. The minimum absolute atomic E-state index is 0.0326. The minimum Gasteiger partial charge on any atom is -0.480 e. The van der Waals surface area contributed by atoms with Gasteiger partial charge in [0, 0.05) is 33.0 Å². The highest BCUT2D eigenvalue weighted by atomic mass is 16.5. The van der Waals surface area contributed by atoms with E-state index in [0.29, 0.717) is 6.42 Å². The van der Waals surface area contributed by atoms with Gasteiger partial charge < -0.3 is 52.6 Å². The highest BCUT2D eigenvalue weighted by Crippen LogP contribution is 2.19. The molecular formula is C41H60N8O10. The van der Waals surface area contributed by atoms with Crippen LogP contribution in [0.4, 0.5) is 0 Å². The molecule has 1 aliphatic heterocycles. The minimum atomic E-state index is -1.80. The van der Waals surface area contributed by atoms with Crippen molar-refractivity contribution >= 4 is 47.4 Å². The van der Waals surface area contributed by atoms with Gasteiger partial charge in [0.05, 0.1) is 24.0 Å². The normalized spacial score (nSPS) is 25.1. The first-order chi connectivity index (χ1) is 27.8. The first-order valence-corrected chi connectivity index (χ1v) is 19.4. The summed E-state index contributed by atoms with van der Waals surface area (Å²) in [5, 5.41) is 30.2. The maximum Gasteiger partial charge on any atom is 0.327 e. The van der Waals surface area contributed by atoms with Crippen molar-refractivity contribution in [1.29, 1.82) is 0 Å². The van der Waals surface area contributed by atoms with Crippen LogP contribution in [-0.2, 0) is 44.7 Å². The number of methoxy groups -OCH3 is 1. The zero-order chi connectivity index (χ0) is 44.4. The molecule has 0 unspecified atom stereocenters. The number of aliphatic carboxylic acids is 2. The lowest BCUT2D eigenvalue weighted by Gasteiger charge is -2.28.